The van der Waals surface area contributed by atoms with Gasteiger partial charge < -0.3 is 10.1 Å². The highest BCUT2D eigenvalue weighted by molar-refractivity contribution is 4.85. The summed E-state index contributed by atoms with van der Waals surface area (Å²) in [5.41, 5.74) is 0. The minimum atomic E-state index is 0.444. The summed E-state index contributed by atoms with van der Waals surface area (Å²) in [5.74, 6) is 1.59. The maximum atomic E-state index is 6.18. The molecule has 0 aromatic heterocycles. The van der Waals surface area contributed by atoms with Gasteiger partial charge in [0.05, 0.1) is 12.2 Å². The Morgan fingerprint density at radius 2 is 1.95 bits per heavy atom. The third-order valence-corrected chi connectivity index (χ3v) is 4.47. The smallest absolute Gasteiger partial charge is 0.0707 e. The van der Waals surface area contributed by atoms with Crippen LogP contribution >= 0.6 is 0 Å². The summed E-state index contributed by atoms with van der Waals surface area (Å²) in [5, 5.41) is 3.52. The highest BCUT2D eigenvalue weighted by Crippen LogP contribution is 2.26. The van der Waals surface area contributed by atoms with Gasteiger partial charge >= 0.3 is 0 Å². The van der Waals surface area contributed by atoms with E-state index in [4.69, 9.17) is 4.74 Å². The molecule has 0 aliphatic carbocycles. The third kappa shape index (κ3) is 4.73. The first kappa shape index (κ1) is 15.3. The number of hydrogen-bond donors (Lipinski definition) is 1. The van der Waals surface area contributed by atoms with E-state index in [2.05, 4.69) is 37.9 Å². The molecule has 0 bridgehead atoms. The zero-order chi connectivity index (χ0) is 13.8. The highest BCUT2D eigenvalue weighted by Gasteiger charge is 2.31. The molecular formula is C16H32N2O. The molecule has 2 aliphatic rings. The molecule has 2 rings (SSSR count). The summed E-state index contributed by atoms with van der Waals surface area (Å²) >= 11 is 0. The van der Waals surface area contributed by atoms with Crippen LogP contribution in [-0.4, -0.2) is 49.3 Å². The molecule has 0 spiro atoms. The average molecular weight is 268 g/mol. The van der Waals surface area contributed by atoms with Crippen LogP contribution in [0.15, 0.2) is 0 Å². The number of nitrogens with one attached hydrogen (secondary N) is 1. The van der Waals surface area contributed by atoms with Crippen molar-refractivity contribution in [2.75, 3.05) is 26.2 Å². The van der Waals surface area contributed by atoms with Gasteiger partial charge in [-0.2, -0.15) is 0 Å². The topological polar surface area (TPSA) is 24.5 Å². The SMILES string of the molecule is CC(C)CNCC1CCC(CN2CC(C)CC2C)O1. The molecule has 0 radical (unpaired) electrons. The van der Waals surface area contributed by atoms with E-state index in [1.165, 1.54) is 25.8 Å². The van der Waals surface area contributed by atoms with Gasteiger partial charge in [-0.15, -0.1) is 0 Å². The fourth-order valence-electron chi connectivity index (χ4n) is 3.50. The Bertz CT molecular complexity index is 269. The van der Waals surface area contributed by atoms with E-state index in [9.17, 15) is 0 Å². The van der Waals surface area contributed by atoms with Gasteiger partial charge in [0.15, 0.2) is 0 Å². The minimum Gasteiger partial charge on any atom is -0.372 e. The van der Waals surface area contributed by atoms with E-state index < -0.39 is 0 Å². The van der Waals surface area contributed by atoms with E-state index in [-0.39, 0.29) is 0 Å². The van der Waals surface area contributed by atoms with Gasteiger partial charge in [-0.05, 0) is 44.6 Å². The van der Waals surface area contributed by atoms with Gasteiger partial charge in [0.2, 0.25) is 0 Å². The lowest BCUT2D eigenvalue weighted by molar-refractivity contribution is 0.0215. The van der Waals surface area contributed by atoms with Crippen LogP contribution in [0.25, 0.3) is 0 Å². The Hall–Kier alpha value is -0.120. The number of nitrogens with zero attached hydrogens (tertiary/aromatic N) is 1. The van der Waals surface area contributed by atoms with Crippen LogP contribution in [-0.2, 0) is 4.74 Å². The first-order chi connectivity index (χ1) is 9.04. The summed E-state index contributed by atoms with van der Waals surface area (Å²) in [6.07, 6.45) is 4.74. The lowest BCUT2D eigenvalue weighted by atomic mass is 10.1. The maximum Gasteiger partial charge on any atom is 0.0707 e. The number of ether oxygens (including phenoxy) is 1. The fraction of sp³-hybridized carbons (Fsp3) is 1.00. The molecule has 0 amide bonds. The van der Waals surface area contributed by atoms with Crippen molar-refractivity contribution in [3.8, 4) is 0 Å². The van der Waals surface area contributed by atoms with E-state index in [0.29, 0.717) is 12.2 Å². The summed E-state index contributed by atoms with van der Waals surface area (Å²) in [6.45, 7) is 13.8. The van der Waals surface area contributed by atoms with Crippen LogP contribution in [0.4, 0.5) is 0 Å². The molecule has 19 heavy (non-hydrogen) atoms. The zero-order valence-corrected chi connectivity index (χ0v) is 13.2. The van der Waals surface area contributed by atoms with Crippen molar-refractivity contribution < 1.29 is 4.74 Å². The molecule has 0 aromatic carbocycles. The van der Waals surface area contributed by atoms with Gasteiger partial charge in [-0.25, -0.2) is 0 Å². The van der Waals surface area contributed by atoms with E-state index in [0.717, 1.165) is 37.5 Å². The fourth-order valence-corrected chi connectivity index (χ4v) is 3.50. The number of likely N-dealkylation sites (tertiary alicyclic amines) is 1. The van der Waals surface area contributed by atoms with Crippen molar-refractivity contribution in [2.24, 2.45) is 11.8 Å². The molecule has 0 saturated carbocycles. The van der Waals surface area contributed by atoms with Crippen molar-refractivity contribution in [1.82, 2.24) is 10.2 Å². The Labute approximate surface area is 119 Å². The molecule has 2 saturated heterocycles. The first-order valence-corrected chi connectivity index (χ1v) is 8.14. The molecule has 112 valence electrons. The molecule has 2 heterocycles. The van der Waals surface area contributed by atoms with Gasteiger partial charge in [-0.3, -0.25) is 4.90 Å². The monoisotopic (exact) mass is 268 g/mol. The van der Waals surface area contributed by atoms with Crippen LogP contribution in [0.5, 0.6) is 0 Å². The average Bonchev–Trinajstić information content (AvgIpc) is 2.87. The molecule has 2 aliphatic heterocycles. The second kappa shape index (κ2) is 7.05. The van der Waals surface area contributed by atoms with E-state index in [1.54, 1.807) is 0 Å². The molecule has 3 heteroatoms. The lowest BCUT2D eigenvalue weighted by Crippen LogP contribution is -2.36. The van der Waals surface area contributed by atoms with Gasteiger partial charge in [0.1, 0.15) is 0 Å². The van der Waals surface area contributed by atoms with E-state index in [1.807, 2.05) is 0 Å². The van der Waals surface area contributed by atoms with Gasteiger partial charge in [0, 0.05) is 25.7 Å². The molecule has 0 aromatic rings. The van der Waals surface area contributed by atoms with Crippen molar-refractivity contribution in [3.05, 3.63) is 0 Å². The summed E-state index contributed by atoms with van der Waals surface area (Å²) in [4.78, 5) is 2.62. The van der Waals surface area contributed by atoms with Crippen molar-refractivity contribution in [2.45, 2.75) is 65.2 Å². The predicted molar refractivity (Wildman–Crippen MR) is 80.4 cm³/mol. The molecule has 1 N–H and O–H groups in total. The summed E-state index contributed by atoms with van der Waals surface area (Å²) in [6, 6.07) is 0.747. The molecular weight excluding hydrogens is 236 g/mol. The molecule has 3 nitrogen and oxygen atoms in total. The Morgan fingerprint density at radius 3 is 2.58 bits per heavy atom. The van der Waals surface area contributed by atoms with Gasteiger partial charge in [0.25, 0.3) is 0 Å². The Morgan fingerprint density at radius 1 is 1.21 bits per heavy atom. The Balaban J connectivity index is 1.65. The minimum absolute atomic E-state index is 0.444. The van der Waals surface area contributed by atoms with E-state index >= 15 is 0 Å². The van der Waals surface area contributed by atoms with Crippen molar-refractivity contribution in [3.63, 3.8) is 0 Å². The standard InChI is InChI=1S/C16H32N2O/c1-12(2)8-17-9-15-5-6-16(19-15)11-18-10-13(3)7-14(18)4/h12-17H,5-11H2,1-4H3. The third-order valence-electron chi connectivity index (χ3n) is 4.47. The molecule has 2 fully saturated rings. The second-order valence-electron chi connectivity index (χ2n) is 7.15. The van der Waals surface area contributed by atoms with Crippen LogP contribution in [0.2, 0.25) is 0 Å². The molecule has 4 unspecified atom stereocenters. The zero-order valence-electron chi connectivity index (χ0n) is 13.2. The largest absolute Gasteiger partial charge is 0.372 e. The maximum absolute atomic E-state index is 6.18. The van der Waals surface area contributed by atoms with Crippen LogP contribution in [0.1, 0.15) is 47.0 Å². The second-order valence-corrected chi connectivity index (χ2v) is 7.15. The van der Waals surface area contributed by atoms with Crippen molar-refractivity contribution >= 4 is 0 Å². The first-order valence-electron chi connectivity index (χ1n) is 8.14. The van der Waals surface area contributed by atoms with Crippen molar-refractivity contribution in [1.29, 1.82) is 0 Å². The Kier molecular flexibility index (Phi) is 5.67. The molecule has 4 atom stereocenters. The quantitative estimate of drug-likeness (QED) is 0.801. The number of rotatable bonds is 6. The summed E-state index contributed by atoms with van der Waals surface area (Å²) in [7, 11) is 0. The summed E-state index contributed by atoms with van der Waals surface area (Å²) < 4.78 is 6.18. The number of hydrogen-bond acceptors (Lipinski definition) is 3. The van der Waals surface area contributed by atoms with Crippen LogP contribution in [0.3, 0.4) is 0 Å². The normalized spacial score (nSPS) is 36.5. The van der Waals surface area contributed by atoms with Crippen LogP contribution < -0.4 is 5.32 Å². The van der Waals surface area contributed by atoms with Crippen LogP contribution in [0, 0.1) is 11.8 Å². The highest BCUT2D eigenvalue weighted by atomic mass is 16.5. The predicted octanol–water partition coefficient (Wildman–Crippen LogP) is 2.51. The lowest BCUT2D eigenvalue weighted by Gasteiger charge is -2.25. The van der Waals surface area contributed by atoms with Gasteiger partial charge in [-0.1, -0.05) is 20.8 Å².